The summed E-state index contributed by atoms with van der Waals surface area (Å²) < 4.78 is 5.07. The maximum Gasteiger partial charge on any atom is 0.309 e. The number of methoxy groups -OCH3 is 1. The van der Waals surface area contributed by atoms with Gasteiger partial charge in [0.2, 0.25) is 0 Å². The van der Waals surface area contributed by atoms with Gasteiger partial charge in [0.15, 0.2) is 0 Å². The number of benzene rings is 1. The van der Waals surface area contributed by atoms with Crippen molar-refractivity contribution in [3.63, 3.8) is 0 Å². The second-order valence-electron chi connectivity index (χ2n) is 3.44. The van der Waals surface area contributed by atoms with Crippen molar-refractivity contribution in [1.82, 2.24) is 4.98 Å². The molecule has 0 radical (unpaired) electrons. The van der Waals surface area contributed by atoms with Crippen molar-refractivity contribution in [3.05, 3.63) is 35.3 Å². The van der Waals surface area contributed by atoms with E-state index in [-0.39, 0.29) is 18.8 Å². The highest BCUT2D eigenvalue weighted by Crippen LogP contribution is 2.25. The van der Waals surface area contributed by atoms with Crippen LogP contribution in [0, 0.1) is 0 Å². The molecule has 0 atom stereocenters. The monoisotopic (exact) mass is 285 g/mol. The Labute approximate surface area is 115 Å². The molecule has 0 saturated carbocycles. The van der Waals surface area contributed by atoms with Crippen molar-refractivity contribution in [3.8, 4) is 16.3 Å². The van der Waals surface area contributed by atoms with Gasteiger partial charge in [-0.3, -0.25) is 4.79 Å². The maximum absolute atomic E-state index is 10.5. The third-order valence-corrected chi connectivity index (χ3v) is 3.16. The second kappa shape index (κ2) is 6.37. The van der Waals surface area contributed by atoms with Crippen LogP contribution in [0.4, 0.5) is 0 Å². The molecule has 2 rings (SSSR count). The van der Waals surface area contributed by atoms with Crippen LogP contribution in [0.3, 0.4) is 0 Å². The summed E-state index contributed by atoms with van der Waals surface area (Å²) >= 11 is 1.44. The van der Waals surface area contributed by atoms with Crippen LogP contribution in [0.1, 0.15) is 5.69 Å². The standard InChI is InChI=1S/C12H11NO3S.ClH/c1-16-10-4-2-8(3-5-10)12-13-9(7-17-12)6-11(14)15;/h2-5,7H,6H2,1H3,(H,14,15);1H. The van der Waals surface area contributed by atoms with Crippen LogP contribution in [0.15, 0.2) is 29.6 Å². The molecule has 0 bridgehead atoms. The number of carboxylic acid groups (broad SMARTS) is 1. The van der Waals surface area contributed by atoms with Gasteiger partial charge in [-0.15, -0.1) is 23.7 Å². The van der Waals surface area contributed by atoms with Gasteiger partial charge in [-0.25, -0.2) is 4.98 Å². The normalized spacial score (nSPS) is 9.61. The molecule has 0 aliphatic heterocycles. The molecular formula is C12H12ClNO3S. The first kappa shape index (κ1) is 14.5. The maximum atomic E-state index is 10.5. The lowest BCUT2D eigenvalue weighted by Crippen LogP contribution is -1.99. The van der Waals surface area contributed by atoms with Crippen molar-refractivity contribution >= 4 is 29.7 Å². The number of nitrogens with zero attached hydrogens (tertiary/aromatic N) is 1. The van der Waals surface area contributed by atoms with E-state index < -0.39 is 5.97 Å². The molecule has 1 N–H and O–H groups in total. The van der Waals surface area contributed by atoms with Crippen molar-refractivity contribution in [2.75, 3.05) is 7.11 Å². The van der Waals surface area contributed by atoms with Crippen molar-refractivity contribution in [2.24, 2.45) is 0 Å². The largest absolute Gasteiger partial charge is 0.497 e. The molecule has 0 saturated heterocycles. The summed E-state index contributed by atoms with van der Waals surface area (Å²) in [5.74, 6) is -0.0763. The Morgan fingerprint density at radius 3 is 2.61 bits per heavy atom. The number of ether oxygens (including phenoxy) is 1. The molecule has 96 valence electrons. The summed E-state index contributed by atoms with van der Waals surface area (Å²) in [4.78, 5) is 14.8. The van der Waals surface area contributed by atoms with Crippen LogP contribution >= 0.6 is 23.7 Å². The van der Waals surface area contributed by atoms with E-state index in [2.05, 4.69) is 4.98 Å². The minimum atomic E-state index is -0.864. The Bertz CT molecular complexity index is 524. The Morgan fingerprint density at radius 2 is 2.06 bits per heavy atom. The fraction of sp³-hybridized carbons (Fsp3) is 0.167. The number of thiazole rings is 1. The molecule has 2 aromatic rings. The van der Waals surface area contributed by atoms with Crippen molar-refractivity contribution < 1.29 is 14.6 Å². The first-order valence-electron chi connectivity index (χ1n) is 4.99. The van der Waals surface area contributed by atoms with Gasteiger partial charge in [0, 0.05) is 10.9 Å². The van der Waals surface area contributed by atoms with Gasteiger partial charge in [0.25, 0.3) is 0 Å². The molecule has 0 fully saturated rings. The summed E-state index contributed by atoms with van der Waals surface area (Å²) in [6, 6.07) is 7.52. The summed E-state index contributed by atoms with van der Waals surface area (Å²) in [5, 5.41) is 11.3. The SMILES string of the molecule is COc1ccc(-c2nc(CC(=O)O)cs2)cc1.Cl. The minimum absolute atomic E-state index is 0. The van der Waals surface area contributed by atoms with Crippen LogP contribution in [0.2, 0.25) is 0 Å². The van der Waals surface area contributed by atoms with Gasteiger partial charge in [0.1, 0.15) is 10.8 Å². The Hall–Kier alpha value is -1.59. The van der Waals surface area contributed by atoms with Crippen LogP contribution in [0.5, 0.6) is 5.75 Å². The number of carbonyl (C=O) groups is 1. The summed E-state index contributed by atoms with van der Waals surface area (Å²) in [5.41, 5.74) is 1.56. The first-order valence-corrected chi connectivity index (χ1v) is 5.87. The molecule has 0 spiro atoms. The van der Waals surface area contributed by atoms with E-state index >= 15 is 0 Å². The highest BCUT2D eigenvalue weighted by Gasteiger charge is 2.07. The molecule has 0 amide bonds. The third kappa shape index (κ3) is 3.45. The summed E-state index contributed by atoms with van der Waals surface area (Å²) in [7, 11) is 1.61. The second-order valence-corrected chi connectivity index (χ2v) is 4.30. The highest BCUT2D eigenvalue weighted by molar-refractivity contribution is 7.13. The number of aliphatic carboxylic acids is 1. The molecule has 1 aromatic carbocycles. The molecule has 4 nitrogen and oxygen atoms in total. The van der Waals surface area contributed by atoms with Gasteiger partial charge in [0.05, 0.1) is 19.2 Å². The van der Waals surface area contributed by atoms with Gasteiger partial charge < -0.3 is 9.84 Å². The molecule has 18 heavy (non-hydrogen) atoms. The zero-order valence-corrected chi connectivity index (χ0v) is 11.3. The average Bonchev–Trinajstić information content (AvgIpc) is 2.77. The predicted molar refractivity (Wildman–Crippen MR) is 72.7 cm³/mol. The molecular weight excluding hydrogens is 274 g/mol. The van der Waals surface area contributed by atoms with E-state index in [0.717, 1.165) is 16.3 Å². The van der Waals surface area contributed by atoms with E-state index in [1.165, 1.54) is 11.3 Å². The molecule has 1 heterocycles. The lowest BCUT2D eigenvalue weighted by Gasteiger charge is -2.00. The van der Waals surface area contributed by atoms with Gasteiger partial charge in [-0.1, -0.05) is 0 Å². The number of hydrogen-bond donors (Lipinski definition) is 1. The Kier molecular flexibility index (Phi) is 5.12. The van der Waals surface area contributed by atoms with E-state index in [4.69, 9.17) is 9.84 Å². The summed E-state index contributed by atoms with van der Waals surface area (Å²) in [6.45, 7) is 0. The highest BCUT2D eigenvalue weighted by atomic mass is 35.5. The fourth-order valence-electron chi connectivity index (χ4n) is 1.41. The van der Waals surface area contributed by atoms with Crippen LogP contribution in [0.25, 0.3) is 10.6 Å². The van der Waals surface area contributed by atoms with E-state index in [9.17, 15) is 4.79 Å². The van der Waals surface area contributed by atoms with Crippen molar-refractivity contribution in [1.29, 1.82) is 0 Å². The third-order valence-electron chi connectivity index (χ3n) is 2.22. The molecule has 0 aliphatic carbocycles. The van der Waals surface area contributed by atoms with Crippen LogP contribution in [-0.2, 0) is 11.2 Å². The lowest BCUT2D eigenvalue weighted by molar-refractivity contribution is -0.136. The topological polar surface area (TPSA) is 59.4 Å². The molecule has 1 aromatic heterocycles. The zero-order chi connectivity index (χ0) is 12.3. The van der Waals surface area contributed by atoms with Crippen LogP contribution < -0.4 is 4.74 Å². The number of carboxylic acids is 1. The Balaban J connectivity index is 0.00000162. The number of aromatic nitrogens is 1. The summed E-state index contributed by atoms with van der Waals surface area (Å²) in [6.07, 6.45) is -0.0351. The van der Waals surface area contributed by atoms with Gasteiger partial charge >= 0.3 is 5.97 Å². The molecule has 0 unspecified atom stereocenters. The lowest BCUT2D eigenvalue weighted by atomic mass is 10.2. The van der Waals surface area contributed by atoms with Crippen molar-refractivity contribution in [2.45, 2.75) is 6.42 Å². The van der Waals surface area contributed by atoms with E-state index in [1.807, 2.05) is 24.3 Å². The number of halogens is 1. The van der Waals surface area contributed by atoms with Crippen LogP contribution in [-0.4, -0.2) is 23.2 Å². The Morgan fingerprint density at radius 1 is 1.39 bits per heavy atom. The zero-order valence-electron chi connectivity index (χ0n) is 9.62. The number of rotatable bonds is 4. The van der Waals surface area contributed by atoms with E-state index in [1.54, 1.807) is 12.5 Å². The quantitative estimate of drug-likeness (QED) is 0.938. The van der Waals surface area contributed by atoms with E-state index in [0.29, 0.717) is 5.69 Å². The predicted octanol–water partition coefficient (Wildman–Crippen LogP) is 2.87. The smallest absolute Gasteiger partial charge is 0.309 e. The molecule has 0 aliphatic rings. The minimum Gasteiger partial charge on any atom is -0.497 e. The van der Waals surface area contributed by atoms with Gasteiger partial charge in [-0.2, -0.15) is 0 Å². The van der Waals surface area contributed by atoms with Gasteiger partial charge in [-0.05, 0) is 24.3 Å². The fourth-order valence-corrected chi connectivity index (χ4v) is 2.24. The number of hydrogen-bond acceptors (Lipinski definition) is 4. The average molecular weight is 286 g/mol. The first-order chi connectivity index (χ1) is 8.19. The molecule has 6 heteroatoms.